The van der Waals surface area contributed by atoms with Crippen molar-refractivity contribution in [3.63, 3.8) is 0 Å². The van der Waals surface area contributed by atoms with Crippen LogP contribution in [0.15, 0.2) is 66.7 Å². The summed E-state index contributed by atoms with van der Waals surface area (Å²) in [7, 11) is -1.60. The van der Waals surface area contributed by atoms with Crippen molar-refractivity contribution in [2.75, 3.05) is 6.79 Å². The van der Waals surface area contributed by atoms with Crippen molar-refractivity contribution >= 4 is 13.3 Å². The van der Waals surface area contributed by atoms with E-state index in [2.05, 4.69) is 25.2 Å². The zero-order chi connectivity index (χ0) is 20.3. The third-order valence-corrected chi connectivity index (χ3v) is 8.87. The average Bonchev–Trinajstić information content (AvgIpc) is 3.19. The van der Waals surface area contributed by atoms with Crippen LogP contribution in [0.1, 0.15) is 12.0 Å². The second-order valence-electron chi connectivity index (χ2n) is 7.99. The Morgan fingerprint density at radius 2 is 1.72 bits per heavy atom. The molecule has 0 radical (unpaired) electrons. The molecule has 4 rings (SSSR count). The number of halogens is 1. The number of benzene rings is 3. The first kappa shape index (κ1) is 19.5. The largest absolute Gasteiger partial charge is 0.454 e. The molecule has 0 aliphatic carbocycles. The summed E-state index contributed by atoms with van der Waals surface area (Å²) in [4.78, 5) is 0. The predicted molar refractivity (Wildman–Crippen MR) is 116 cm³/mol. The lowest BCUT2D eigenvalue weighted by atomic mass is 10.1. The maximum atomic E-state index is 14.2. The first-order chi connectivity index (χ1) is 14.0. The molecule has 0 saturated heterocycles. The molecule has 0 atom stereocenters. The van der Waals surface area contributed by atoms with Crippen molar-refractivity contribution in [2.24, 2.45) is 0 Å². The first-order valence-electron chi connectivity index (χ1n) is 9.93. The van der Waals surface area contributed by atoms with Crippen LogP contribution in [0.5, 0.6) is 23.0 Å². The Labute approximate surface area is 172 Å². The molecular weight excluding hydrogens is 383 g/mol. The summed E-state index contributed by atoms with van der Waals surface area (Å²) < 4.78 is 30.8. The number of hydrogen-bond acceptors (Lipinski definition) is 3. The van der Waals surface area contributed by atoms with Crippen LogP contribution in [0.4, 0.5) is 4.39 Å². The summed E-state index contributed by atoms with van der Waals surface area (Å²) in [5.41, 5.74) is 1.09. The van der Waals surface area contributed by atoms with E-state index in [9.17, 15) is 4.39 Å². The Bertz CT molecular complexity index is 989. The molecule has 1 heterocycles. The molecule has 0 aromatic heterocycles. The van der Waals surface area contributed by atoms with Gasteiger partial charge in [0.15, 0.2) is 23.1 Å². The Morgan fingerprint density at radius 1 is 0.931 bits per heavy atom. The third kappa shape index (κ3) is 4.62. The normalized spacial score (nSPS) is 12.8. The van der Waals surface area contributed by atoms with Gasteiger partial charge in [-0.2, -0.15) is 0 Å². The van der Waals surface area contributed by atoms with E-state index in [-0.39, 0.29) is 11.6 Å². The van der Waals surface area contributed by atoms with E-state index >= 15 is 0 Å². The predicted octanol–water partition coefficient (Wildman–Crippen LogP) is 5.89. The van der Waals surface area contributed by atoms with Crippen molar-refractivity contribution in [2.45, 2.75) is 32.0 Å². The molecule has 0 bridgehead atoms. The van der Waals surface area contributed by atoms with Gasteiger partial charge in [-0.05, 0) is 48.4 Å². The van der Waals surface area contributed by atoms with E-state index in [0.29, 0.717) is 12.5 Å². The van der Waals surface area contributed by atoms with Gasteiger partial charge in [0.25, 0.3) is 0 Å². The van der Waals surface area contributed by atoms with E-state index in [4.69, 9.17) is 14.2 Å². The number of hydrogen-bond donors (Lipinski definition) is 0. The number of aryl methyl sites for hydroxylation is 1. The first-order valence-corrected chi connectivity index (χ1v) is 13.1. The monoisotopic (exact) mass is 408 g/mol. The standard InChI is InChI=1S/C24H25FO3Si/c1-29(2,20-11-13-22-24(16-20)27-17-26-22)14-6-7-18-10-12-21(25)23(15-18)28-19-8-4-3-5-9-19/h3-5,8-13,15-16H,6-7,14,17H2,1-2H3. The molecule has 3 aromatic rings. The summed E-state index contributed by atoms with van der Waals surface area (Å²) in [6, 6.07) is 21.9. The molecule has 29 heavy (non-hydrogen) atoms. The van der Waals surface area contributed by atoms with Gasteiger partial charge < -0.3 is 14.2 Å². The zero-order valence-electron chi connectivity index (χ0n) is 16.8. The van der Waals surface area contributed by atoms with Crippen molar-refractivity contribution < 1.29 is 18.6 Å². The van der Waals surface area contributed by atoms with Crippen LogP contribution in [0, 0.1) is 5.82 Å². The quantitative estimate of drug-likeness (QED) is 0.456. The molecule has 1 aliphatic heterocycles. The molecule has 0 fully saturated rings. The van der Waals surface area contributed by atoms with E-state index in [1.807, 2.05) is 48.5 Å². The highest BCUT2D eigenvalue weighted by Gasteiger charge is 2.25. The van der Waals surface area contributed by atoms with Crippen molar-refractivity contribution in [3.8, 4) is 23.0 Å². The molecule has 3 nitrogen and oxygen atoms in total. The minimum atomic E-state index is -1.60. The number of para-hydroxylation sites is 1. The fourth-order valence-corrected chi connectivity index (χ4v) is 6.00. The average molecular weight is 409 g/mol. The molecule has 1 aliphatic rings. The molecular formula is C24H25FO3Si. The molecule has 0 saturated carbocycles. The SMILES string of the molecule is C[Si](C)(CCCc1ccc(F)c(Oc2ccccc2)c1)c1ccc2c(c1)OCO2. The second kappa shape index (κ2) is 8.29. The van der Waals surface area contributed by atoms with Gasteiger partial charge in [-0.15, -0.1) is 0 Å². The Morgan fingerprint density at radius 3 is 2.55 bits per heavy atom. The van der Waals surface area contributed by atoms with Crippen LogP contribution in [-0.2, 0) is 6.42 Å². The number of rotatable bonds is 7. The summed E-state index contributed by atoms with van der Waals surface area (Å²) >= 11 is 0. The summed E-state index contributed by atoms with van der Waals surface area (Å²) in [5.74, 6) is 2.26. The summed E-state index contributed by atoms with van der Waals surface area (Å²) in [5, 5.41) is 1.37. The van der Waals surface area contributed by atoms with Gasteiger partial charge >= 0.3 is 0 Å². The van der Waals surface area contributed by atoms with Gasteiger partial charge in [-0.3, -0.25) is 0 Å². The maximum Gasteiger partial charge on any atom is 0.231 e. The molecule has 0 spiro atoms. The van der Waals surface area contributed by atoms with E-state index in [0.717, 1.165) is 35.9 Å². The van der Waals surface area contributed by atoms with E-state index < -0.39 is 8.07 Å². The lowest BCUT2D eigenvalue weighted by Gasteiger charge is -2.23. The smallest absolute Gasteiger partial charge is 0.231 e. The van der Waals surface area contributed by atoms with Crippen LogP contribution in [0.25, 0.3) is 0 Å². The molecule has 3 aromatic carbocycles. The minimum absolute atomic E-state index is 0.279. The molecule has 150 valence electrons. The van der Waals surface area contributed by atoms with Crippen LogP contribution in [0.2, 0.25) is 19.1 Å². The van der Waals surface area contributed by atoms with Crippen molar-refractivity contribution in [1.29, 1.82) is 0 Å². The summed E-state index contributed by atoms with van der Waals surface area (Å²) in [6.45, 7) is 5.05. The number of ether oxygens (including phenoxy) is 3. The van der Waals surface area contributed by atoms with Crippen LogP contribution < -0.4 is 19.4 Å². The number of fused-ring (bicyclic) bond motifs is 1. The van der Waals surface area contributed by atoms with Gasteiger partial charge in [-0.25, -0.2) is 4.39 Å². The zero-order valence-corrected chi connectivity index (χ0v) is 17.8. The third-order valence-electron chi connectivity index (χ3n) is 5.39. The fourth-order valence-electron chi connectivity index (χ4n) is 3.59. The Balaban J connectivity index is 1.39. The fraction of sp³-hybridized carbons (Fsp3) is 0.250. The van der Waals surface area contributed by atoms with E-state index in [1.54, 1.807) is 0 Å². The maximum absolute atomic E-state index is 14.2. The van der Waals surface area contributed by atoms with E-state index in [1.165, 1.54) is 11.3 Å². The van der Waals surface area contributed by atoms with Crippen LogP contribution in [0.3, 0.4) is 0 Å². The highest BCUT2D eigenvalue weighted by atomic mass is 28.3. The topological polar surface area (TPSA) is 27.7 Å². The minimum Gasteiger partial charge on any atom is -0.454 e. The molecule has 0 N–H and O–H groups in total. The van der Waals surface area contributed by atoms with Gasteiger partial charge in [0.05, 0.1) is 8.07 Å². The van der Waals surface area contributed by atoms with Gasteiger partial charge in [0, 0.05) is 0 Å². The highest BCUT2D eigenvalue weighted by Crippen LogP contribution is 2.32. The van der Waals surface area contributed by atoms with Crippen molar-refractivity contribution in [1.82, 2.24) is 0 Å². The molecule has 0 amide bonds. The Kier molecular flexibility index (Phi) is 5.58. The van der Waals surface area contributed by atoms with Crippen molar-refractivity contribution in [3.05, 3.63) is 78.1 Å². The van der Waals surface area contributed by atoms with Gasteiger partial charge in [0.2, 0.25) is 6.79 Å². The summed E-state index contributed by atoms with van der Waals surface area (Å²) in [6.07, 6.45) is 1.94. The van der Waals surface area contributed by atoms with Gasteiger partial charge in [0.1, 0.15) is 5.75 Å². The van der Waals surface area contributed by atoms with Crippen LogP contribution >= 0.6 is 0 Å². The van der Waals surface area contributed by atoms with Gasteiger partial charge in [-0.1, -0.05) is 61.1 Å². The highest BCUT2D eigenvalue weighted by molar-refractivity contribution is 6.89. The molecule has 5 heteroatoms. The lowest BCUT2D eigenvalue weighted by molar-refractivity contribution is 0.174. The Hall–Kier alpha value is -2.79. The van der Waals surface area contributed by atoms with Crippen LogP contribution in [-0.4, -0.2) is 14.9 Å². The molecule has 0 unspecified atom stereocenters. The second-order valence-corrected chi connectivity index (χ2v) is 12.8. The lowest BCUT2D eigenvalue weighted by Crippen LogP contribution is -2.41.